The summed E-state index contributed by atoms with van der Waals surface area (Å²) in [5.41, 5.74) is 1.21. The number of carbonyl (C=O) groups excluding carboxylic acids is 2. The van der Waals surface area contributed by atoms with Crippen LogP contribution in [0.5, 0.6) is 0 Å². The van der Waals surface area contributed by atoms with E-state index in [0.717, 1.165) is 19.3 Å². The molecule has 0 heterocycles. The molecule has 2 rings (SSSR count). The van der Waals surface area contributed by atoms with E-state index in [0.29, 0.717) is 5.92 Å². The molecule has 17 heavy (non-hydrogen) atoms. The van der Waals surface area contributed by atoms with Crippen LogP contribution in [-0.2, 0) is 9.59 Å². The van der Waals surface area contributed by atoms with Crippen LogP contribution in [0.4, 0.5) is 0 Å². The third-order valence-corrected chi connectivity index (χ3v) is 4.11. The first-order valence-corrected chi connectivity index (χ1v) is 6.67. The fourth-order valence-corrected chi connectivity index (χ4v) is 3.30. The Morgan fingerprint density at radius 3 is 2.24 bits per heavy atom. The topological polar surface area (TPSA) is 34.1 Å². The summed E-state index contributed by atoms with van der Waals surface area (Å²) in [7, 11) is 0. The molecular weight excluding hydrogens is 212 g/mol. The molecule has 0 aromatic carbocycles. The molecule has 0 bridgehead atoms. The van der Waals surface area contributed by atoms with Crippen molar-refractivity contribution in [1.29, 1.82) is 0 Å². The smallest absolute Gasteiger partial charge is 0.163 e. The van der Waals surface area contributed by atoms with E-state index < -0.39 is 0 Å². The third kappa shape index (κ3) is 2.51. The van der Waals surface area contributed by atoms with Crippen LogP contribution in [0.15, 0.2) is 11.6 Å². The van der Waals surface area contributed by atoms with Crippen LogP contribution >= 0.6 is 0 Å². The summed E-state index contributed by atoms with van der Waals surface area (Å²) in [6, 6.07) is 0. The molecule has 2 aliphatic rings. The maximum atomic E-state index is 12.1. The molecule has 94 valence electrons. The quantitative estimate of drug-likeness (QED) is 0.603. The number of rotatable bonds is 0. The summed E-state index contributed by atoms with van der Waals surface area (Å²) in [5.74, 6) is 0.618. The summed E-state index contributed by atoms with van der Waals surface area (Å²) in [6.45, 7) is 6.44. The highest BCUT2D eigenvalue weighted by Crippen LogP contribution is 2.44. The van der Waals surface area contributed by atoms with Crippen molar-refractivity contribution in [2.45, 2.75) is 52.9 Å². The first kappa shape index (κ1) is 12.5. The Morgan fingerprint density at radius 2 is 1.65 bits per heavy atom. The van der Waals surface area contributed by atoms with Gasteiger partial charge in [0.15, 0.2) is 5.78 Å². The normalized spacial score (nSPS) is 30.6. The van der Waals surface area contributed by atoms with Gasteiger partial charge in [-0.3, -0.25) is 9.59 Å². The lowest BCUT2D eigenvalue weighted by atomic mass is 9.67. The fraction of sp³-hybridized carbons (Fsp3) is 0.733. The SMILES string of the molecule is CC(C)(C)C1=CC(=O)CC(=O)[C@@H]2CCCC[C@H]12. The highest BCUT2D eigenvalue weighted by atomic mass is 16.1. The van der Waals surface area contributed by atoms with E-state index in [1.165, 1.54) is 12.0 Å². The van der Waals surface area contributed by atoms with Crippen LogP contribution in [0, 0.1) is 17.3 Å². The van der Waals surface area contributed by atoms with Crippen molar-refractivity contribution in [3.63, 3.8) is 0 Å². The van der Waals surface area contributed by atoms with Gasteiger partial charge in [-0.25, -0.2) is 0 Å². The van der Waals surface area contributed by atoms with Gasteiger partial charge >= 0.3 is 0 Å². The van der Waals surface area contributed by atoms with E-state index in [1.807, 2.05) is 0 Å². The van der Waals surface area contributed by atoms with Gasteiger partial charge in [-0.05, 0) is 30.3 Å². The number of carbonyl (C=O) groups is 2. The van der Waals surface area contributed by atoms with Crippen LogP contribution in [-0.4, -0.2) is 11.6 Å². The first-order chi connectivity index (χ1) is 7.89. The zero-order valence-corrected chi connectivity index (χ0v) is 11.1. The zero-order chi connectivity index (χ0) is 12.6. The second-order valence-electron chi connectivity index (χ2n) is 6.46. The lowest BCUT2D eigenvalue weighted by Crippen LogP contribution is -2.31. The van der Waals surface area contributed by atoms with E-state index in [-0.39, 0.29) is 29.3 Å². The molecule has 0 amide bonds. The Morgan fingerprint density at radius 1 is 1.06 bits per heavy atom. The van der Waals surface area contributed by atoms with Crippen molar-refractivity contribution in [2.75, 3.05) is 0 Å². The highest BCUT2D eigenvalue weighted by molar-refractivity contribution is 6.07. The van der Waals surface area contributed by atoms with Crippen molar-refractivity contribution in [3.05, 3.63) is 11.6 Å². The molecule has 0 aromatic heterocycles. The highest BCUT2D eigenvalue weighted by Gasteiger charge is 2.39. The molecule has 1 fully saturated rings. The van der Waals surface area contributed by atoms with Crippen LogP contribution < -0.4 is 0 Å². The van der Waals surface area contributed by atoms with Gasteiger partial charge in [0.1, 0.15) is 5.78 Å². The second kappa shape index (κ2) is 4.40. The maximum absolute atomic E-state index is 12.1. The van der Waals surface area contributed by atoms with Crippen molar-refractivity contribution >= 4 is 11.6 Å². The molecule has 0 aliphatic heterocycles. The van der Waals surface area contributed by atoms with Gasteiger partial charge in [-0.15, -0.1) is 0 Å². The molecule has 2 aliphatic carbocycles. The van der Waals surface area contributed by atoms with E-state index in [2.05, 4.69) is 20.8 Å². The third-order valence-electron chi connectivity index (χ3n) is 4.11. The first-order valence-electron chi connectivity index (χ1n) is 6.67. The van der Waals surface area contributed by atoms with Crippen molar-refractivity contribution in [3.8, 4) is 0 Å². The van der Waals surface area contributed by atoms with Gasteiger partial charge in [-0.2, -0.15) is 0 Å². The number of hydrogen-bond acceptors (Lipinski definition) is 2. The standard InChI is InChI=1S/C15H22O2/c1-15(2,3)13-8-10(16)9-14(17)12-7-5-4-6-11(12)13/h8,11-12H,4-7,9H2,1-3H3/t11-,12+/m0/s1. The van der Waals surface area contributed by atoms with E-state index in [1.54, 1.807) is 6.08 Å². The predicted molar refractivity (Wildman–Crippen MR) is 67.6 cm³/mol. The molecular formula is C15H22O2. The summed E-state index contributed by atoms with van der Waals surface area (Å²) < 4.78 is 0. The van der Waals surface area contributed by atoms with E-state index >= 15 is 0 Å². The van der Waals surface area contributed by atoms with Crippen molar-refractivity contribution < 1.29 is 9.59 Å². The van der Waals surface area contributed by atoms with E-state index in [9.17, 15) is 9.59 Å². The van der Waals surface area contributed by atoms with Gasteiger partial charge in [0.2, 0.25) is 0 Å². The molecule has 2 heteroatoms. The summed E-state index contributed by atoms with van der Waals surface area (Å²) in [5, 5.41) is 0. The molecule has 0 aromatic rings. The number of fused-ring (bicyclic) bond motifs is 1. The van der Waals surface area contributed by atoms with Crippen LogP contribution in [0.2, 0.25) is 0 Å². The predicted octanol–water partition coefficient (Wildman–Crippen LogP) is 3.31. The lowest BCUT2D eigenvalue weighted by molar-refractivity contribution is -0.128. The molecule has 2 nitrogen and oxygen atoms in total. The molecule has 0 N–H and O–H groups in total. The molecule has 0 saturated heterocycles. The summed E-state index contributed by atoms with van der Waals surface area (Å²) in [4.78, 5) is 23.9. The van der Waals surface area contributed by atoms with Gasteiger partial charge in [0.05, 0.1) is 6.42 Å². The minimum absolute atomic E-state index is 0.000532. The zero-order valence-electron chi connectivity index (χ0n) is 11.1. The fourth-order valence-electron chi connectivity index (χ4n) is 3.30. The monoisotopic (exact) mass is 234 g/mol. The van der Waals surface area contributed by atoms with Gasteiger partial charge in [0, 0.05) is 5.92 Å². The van der Waals surface area contributed by atoms with Crippen LogP contribution in [0.1, 0.15) is 52.9 Å². The van der Waals surface area contributed by atoms with Crippen molar-refractivity contribution in [2.24, 2.45) is 17.3 Å². The number of hydrogen-bond donors (Lipinski definition) is 0. The number of allylic oxidation sites excluding steroid dienone is 2. The maximum Gasteiger partial charge on any atom is 0.163 e. The molecule has 1 saturated carbocycles. The Labute approximate surface area is 103 Å². The van der Waals surface area contributed by atoms with E-state index in [4.69, 9.17) is 0 Å². The van der Waals surface area contributed by atoms with Gasteiger partial charge in [-0.1, -0.05) is 39.2 Å². The lowest BCUT2D eigenvalue weighted by Gasteiger charge is -2.36. The molecule has 0 unspecified atom stereocenters. The van der Waals surface area contributed by atoms with Crippen LogP contribution in [0.25, 0.3) is 0 Å². The second-order valence-corrected chi connectivity index (χ2v) is 6.46. The minimum atomic E-state index is 0.000532. The van der Waals surface area contributed by atoms with Gasteiger partial charge < -0.3 is 0 Å². The summed E-state index contributed by atoms with van der Waals surface area (Å²) >= 11 is 0. The Bertz CT molecular complexity index is 371. The Balaban J connectivity index is 2.40. The molecule has 0 radical (unpaired) electrons. The molecule has 0 spiro atoms. The number of ketones is 2. The minimum Gasteiger partial charge on any atom is -0.299 e. The number of Topliss-reactive ketones (excluding diaryl/α,β-unsaturated/α-hetero) is 1. The van der Waals surface area contributed by atoms with Crippen molar-refractivity contribution in [1.82, 2.24) is 0 Å². The molecule has 2 atom stereocenters. The van der Waals surface area contributed by atoms with Crippen LogP contribution in [0.3, 0.4) is 0 Å². The average molecular weight is 234 g/mol. The Hall–Kier alpha value is -0.920. The largest absolute Gasteiger partial charge is 0.299 e. The van der Waals surface area contributed by atoms with Gasteiger partial charge in [0.25, 0.3) is 0 Å². The Kier molecular flexibility index (Phi) is 3.24. The average Bonchev–Trinajstić information content (AvgIpc) is 2.36. The summed E-state index contributed by atoms with van der Waals surface area (Å²) in [6.07, 6.45) is 6.28.